The Bertz CT molecular complexity index is 1120. The zero-order valence-electron chi connectivity index (χ0n) is 15.3. The van der Waals surface area contributed by atoms with Crippen molar-refractivity contribution in [2.45, 2.75) is 12.3 Å². The molecule has 1 aliphatic rings. The second-order valence-electron chi connectivity index (χ2n) is 6.57. The molecular weight excluding hydrogens is 470 g/mol. The number of hydrogen-bond acceptors (Lipinski definition) is 6. The van der Waals surface area contributed by atoms with Crippen LogP contribution in [0.25, 0.3) is 0 Å². The summed E-state index contributed by atoms with van der Waals surface area (Å²) >= 11 is 12.1. The van der Waals surface area contributed by atoms with Crippen molar-refractivity contribution >= 4 is 45.0 Å². The van der Waals surface area contributed by atoms with Gasteiger partial charge in [0, 0.05) is 25.1 Å². The van der Waals surface area contributed by atoms with Gasteiger partial charge in [-0.25, -0.2) is 31.3 Å². The minimum Gasteiger partial charge on any atom is -0.454 e. The maximum atomic E-state index is 14.3. The number of amides is 1. The van der Waals surface area contributed by atoms with Gasteiger partial charge in [0.05, 0.1) is 34.6 Å². The molecule has 2 heterocycles. The maximum absolute atomic E-state index is 14.3. The van der Waals surface area contributed by atoms with Gasteiger partial charge in [-0.1, -0.05) is 23.2 Å². The first kappa shape index (κ1) is 22.4. The fraction of sp³-hybridized carbons (Fsp3) is 0.294. The maximum Gasteiger partial charge on any atom is 0.267 e. The summed E-state index contributed by atoms with van der Waals surface area (Å²) in [5.74, 6) is -5.08. The number of sulfonamides is 1. The average molecular weight is 484 g/mol. The van der Waals surface area contributed by atoms with Crippen molar-refractivity contribution in [2.75, 3.05) is 24.2 Å². The molecule has 1 N–H and O–H groups in total. The summed E-state index contributed by atoms with van der Waals surface area (Å²) in [6.07, 6.45) is 1.64. The summed E-state index contributed by atoms with van der Waals surface area (Å²) in [6, 6.07) is 3.00. The number of carbonyl (C=O) groups excluding carboxylic acids is 1. The van der Waals surface area contributed by atoms with Gasteiger partial charge in [-0.05, 0) is 6.07 Å². The first-order valence-corrected chi connectivity index (χ1v) is 11.0. The number of carbonyl (C=O) groups is 1. The van der Waals surface area contributed by atoms with Crippen LogP contribution in [0.2, 0.25) is 10.0 Å². The van der Waals surface area contributed by atoms with E-state index in [0.717, 1.165) is 18.4 Å². The van der Waals surface area contributed by atoms with Crippen molar-refractivity contribution in [3.8, 4) is 11.5 Å². The van der Waals surface area contributed by atoms with Crippen LogP contribution in [0.1, 0.15) is 16.8 Å². The predicted molar refractivity (Wildman–Crippen MR) is 105 cm³/mol. The van der Waals surface area contributed by atoms with Crippen LogP contribution in [0.3, 0.4) is 0 Å². The third kappa shape index (κ3) is 5.27. The summed E-state index contributed by atoms with van der Waals surface area (Å²) < 4.78 is 70.4. The Balaban J connectivity index is 1.80. The van der Waals surface area contributed by atoms with Gasteiger partial charge in [0.1, 0.15) is 23.1 Å². The summed E-state index contributed by atoms with van der Waals surface area (Å²) in [5, 5.41) is -0.139. The van der Waals surface area contributed by atoms with E-state index >= 15 is 0 Å². The molecule has 2 aromatic rings. The second-order valence-corrected chi connectivity index (χ2v) is 9.13. The molecule has 3 rings (SSSR count). The molecule has 1 aromatic heterocycles. The van der Waals surface area contributed by atoms with Crippen LogP contribution in [0, 0.1) is 5.82 Å². The number of ether oxygens (including phenoxy) is 1. The van der Waals surface area contributed by atoms with Crippen LogP contribution < -0.4 is 14.4 Å². The smallest absolute Gasteiger partial charge is 0.267 e. The van der Waals surface area contributed by atoms with E-state index in [-0.39, 0.29) is 40.3 Å². The summed E-state index contributed by atoms with van der Waals surface area (Å²) in [7, 11) is -3.90. The van der Waals surface area contributed by atoms with Crippen molar-refractivity contribution in [2.24, 2.45) is 0 Å². The number of halogens is 5. The molecule has 1 amide bonds. The predicted octanol–water partition coefficient (Wildman–Crippen LogP) is 3.85. The molecule has 0 saturated carbocycles. The van der Waals surface area contributed by atoms with Crippen molar-refractivity contribution in [3.63, 3.8) is 0 Å². The van der Waals surface area contributed by atoms with Crippen LogP contribution in [0.5, 0.6) is 11.5 Å². The van der Waals surface area contributed by atoms with Gasteiger partial charge in [0.2, 0.25) is 10.0 Å². The largest absolute Gasteiger partial charge is 0.454 e. The minimum atomic E-state index is -3.90. The highest BCUT2D eigenvalue weighted by Gasteiger charge is 2.39. The first-order valence-electron chi connectivity index (χ1n) is 8.32. The van der Waals surface area contributed by atoms with Crippen LogP contribution in [0.15, 0.2) is 24.4 Å². The summed E-state index contributed by atoms with van der Waals surface area (Å²) in [6.45, 7) is -0.415. The molecule has 0 atom stereocenters. The summed E-state index contributed by atoms with van der Waals surface area (Å²) in [5.41, 5.74) is -0.598. The molecule has 1 aromatic carbocycles. The van der Waals surface area contributed by atoms with E-state index in [2.05, 4.69) is 4.98 Å². The van der Waals surface area contributed by atoms with Crippen LogP contribution in [-0.4, -0.2) is 44.6 Å². The normalized spacial score (nSPS) is 15.9. The molecule has 0 unspecified atom stereocenters. The quantitative estimate of drug-likeness (QED) is 0.694. The van der Waals surface area contributed by atoms with E-state index in [9.17, 15) is 26.4 Å². The van der Waals surface area contributed by atoms with Crippen molar-refractivity contribution < 1.29 is 31.1 Å². The van der Waals surface area contributed by atoms with Gasteiger partial charge in [0.15, 0.2) is 0 Å². The first-order chi connectivity index (χ1) is 13.8. The zero-order valence-corrected chi connectivity index (χ0v) is 17.6. The number of nitrogens with zero attached hydrogens (tertiary/aromatic N) is 2. The van der Waals surface area contributed by atoms with Crippen molar-refractivity contribution in [3.05, 3.63) is 45.8 Å². The van der Waals surface area contributed by atoms with E-state index in [1.165, 1.54) is 17.2 Å². The van der Waals surface area contributed by atoms with E-state index < -0.39 is 39.8 Å². The number of anilines is 1. The fourth-order valence-corrected chi connectivity index (χ4v) is 3.67. The monoisotopic (exact) mass is 483 g/mol. The molecule has 13 heteroatoms. The van der Waals surface area contributed by atoms with E-state index in [4.69, 9.17) is 27.9 Å². The Hall–Kier alpha value is -2.24. The molecule has 1 fully saturated rings. The number of pyridine rings is 1. The Kier molecular flexibility index (Phi) is 6.08. The molecule has 0 bridgehead atoms. The number of alkyl halides is 2. The molecule has 0 aliphatic carbocycles. The Morgan fingerprint density at radius 1 is 1.27 bits per heavy atom. The molecule has 7 nitrogen and oxygen atoms in total. The number of benzene rings is 1. The zero-order chi connectivity index (χ0) is 22.3. The molecule has 1 saturated heterocycles. The second kappa shape index (κ2) is 8.12. The minimum absolute atomic E-state index is 0.0457. The Morgan fingerprint density at radius 2 is 1.97 bits per heavy atom. The number of hydrogen-bond donors (Lipinski definition) is 1. The van der Waals surface area contributed by atoms with E-state index in [1.807, 2.05) is 0 Å². The number of rotatable bonds is 5. The standard InChI is InChI=1S/C17H14Cl2F3N3O4S/c1-30(27,28)24-16(26)10-5-11(18)14(6-13(10)20)29-9-4-12(19)15(23-7-9)25-3-2-17(21,22)8-25/h4-7H,2-3,8H2,1H3,(H,24,26). The molecule has 0 spiro atoms. The van der Waals surface area contributed by atoms with Gasteiger partial charge in [-0.3, -0.25) is 4.79 Å². The van der Waals surface area contributed by atoms with Gasteiger partial charge in [-0.15, -0.1) is 0 Å². The lowest BCUT2D eigenvalue weighted by molar-refractivity contribution is 0.0256. The van der Waals surface area contributed by atoms with Crippen LogP contribution in [-0.2, 0) is 10.0 Å². The van der Waals surface area contributed by atoms with Gasteiger partial charge < -0.3 is 9.64 Å². The number of nitrogens with one attached hydrogen (secondary N) is 1. The molecular formula is C17H14Cl2F3N3O4S. The Morgan fingerprint density at radius 3 is 2.53 bits per heavy atom. The van der Waals surface area contributed by atoms with Gasteiger partial charge in [0.25, 0.3) is 11.8 Å². The molecule has 162 valence electrons. The topological polar surface area (TPSA) is 88.6 Å². The van der Waals surface area contributed by atoms with Crippen molar-refractivity contribution in [1.82, 2.24) is 9.71 Å². The van der Waals surface area contributed by atoms with Crippen LogP contribution >= 0.6 is 23.2 Å². The van der Waals surface area contributed by atoms with Gasteiger partial charge in [-0.2, -0.15) is 0 Å². The third-order valence-electron chi connectivity index (χ3n) is 4.04. The highest BCUT2D eigenvalue weighted by Crippen LogP contribution is 2.37. The average Bonchev–Trinajstić information content (AvgIpc) is 2.96. The highest BCUT2D eigenvalue weighted by molar-refractivity contribution is 7.89. The Labute approximate surface area is 179 Å². The highest BCUT2D eigenvalue weighted by atomic mass is 35.5. The van der Waals surface area contributed by atoms with E-state index in [0.29, 0.717) is 0 Å². The van der Waals surface area contributed by atoms with Crippen LogP contribution in [0.4, 0.5) is 19.0 Å². The van der Waals surface area contributed by atoms with E-state index in [1.54, 1.807) is 4.72 Å². The number of aromatic nitrogens is 1. The lowest BCUT2D eigenvalue weighted by atomic mass is 10.2. The van der Waals surface area contributed by atoms with Crippen molar-refractivity contribution in [1.29, 1.82) is 0 Å². The van der Waals surface area contributed by atoms with Gasteiger partial charge >= 0.3 is 0 Å². The molecule has 30 heavy (non-hydrogen) atoms. The molecule has 0 radical (unpaired) electrons. The SMILES string of the molecule is CS(=O)(=O)NC(=O)c1cc(Cl)c(Oc2cnc(N3CCC(F)(F)C3)c(Cl)c2)cc1F. The lowest BCUT2D eigenvalue weighted by Gasteiger charge is -2.19. The third-order valence-corrected chi connectivity index (χ3v) is 5.17. The lowest BCUT2D eigenvalue weighted by Crippen LogP contribution is -2.30. The molecule has 1 aliphatic heterocycles. The summed E-state index contributed by atoms with van der Waals surface area (Å²) in [4.78, 5) is 17.2. The fourth-order valence-electron chi connectivity index (χ4n) is 2.75.